The summed E-state index contributed by atoms with van der Waals surface area (Å²) in [6.07, 6.45) is 1.02. The molecular weight excluding hydrogens is 282 g/mol. The van der Waals surface area contributed by atoms with Crippen molar-refractivity contribution in [2.75, 3.05) is 26.9 Å². The highest BCUT2D eigenvalue weighted by Crippen LogP contribution is 2.15. The van der Waals surface area contributed by atoms with E-state index >= 15 is 0 Å². The third kappa shape index (κ3) is 6.66. The Morgan fingerprint density at radius 2 is 1.94 bits per heavy atom. The molecule has 17 heavy (non-hydrogen) atoms. The van der Waals surface area contributed by atoms with E-state index in [-0.39, 0.29) is 0 Å². The normalized spacial score (nSPS) is 12.4. The van der Waals surface area contributed by atoms with E-state index in [9.17, 15) is 0 Å². The highest BCUT2D eigenvalue weighted by molar-refractivity contribution is 9.10. The Morgan fingerprint density at radius 3 is 2.59 bits per heavy atom. The quantitative estimate of drug-likeness (QED) is 0.749. The van der Waals surface area contributed by atoms with Crippen molar-refractivity contribution in [3.8, 4) is 5.75 Å². The van der Waals surface area contributed by atoms with Gasteiger partial charge in [-0.2, -0.15) is 0 Å². The van der Waals surface area contributed by atoms with E-state index in [1.165, 1.54) is 0 Å². The number of halogens is 1. The van der Waals surface area contributed by atoms with Crippen LogP contribution in [0.15, 0.2) is 28.7 Å². The van der Waals surface area contributed by atoms with Crippen LogP contribution in [0.5, 0.6) is 5.75 Å². The maximum Gasteiger partial charge on any atom is 0.119 e. The Morgan fingerprint density at radius 1 is 1.24 bits per heavy atom. The molecule has 0 heterocycles. The predicted octanol–water partition coefficient (Wildman–Crippen LogP) is 2.84. The Labute approximate surface area is 112 Å². The van der Waals surface area contributed by atoms with Crippen LogP contribution in [0.25, 0.3) is 0 Å². The molecule has 0 radical (unpaired) electrons. The molecule has 4 heteroatoms. The molecule has 3 nitrogen and oxygen atoms in total. The number of hydrogen-bond acceptors (Lipinski definition) is 3. The number of benzene rings is 1. The van der Waals surface area contributed by atoms with Gasteiger partial charge >= 0.3 is 0 Å². The van der Waals surface area contributed by atoms with Gasteiger partial charge in [0.15, 0.2) is 0 Å². The summed E-state index contributed by atoms with van der Waals surface area (Å²) in [6, 6.07) is 8.33. The second kappa shape index (κ2) is 8.50. The van der Waals surface area contributed by atoms with Crippen molar-refractivity contribution in [3.05, 3.63) is 28.7 Å². The van der Waals surface area contributed by atoms with E-state index in [0.29, 0.717) is 12.6 Å². The molecule has 1 aromatic carbocycles. The third-order valence-corrected chi connectivity index (χ3v) is 2.96. The van der Waals surface area contributed by atoms with E-state index in [1.807, 2.05) is 24.3 Å². The second-order valence-electron chi connectivity index (χ2n) is 3.94. The standard InChI is InChI=1S/C13H20BrNO2/c1-11(7-9-16-2)15-8-10-17-13-5-3-12(14)4-6-13/h3-6,11,15H,7-10H2,1-2H3. The SMILES string of the molecule is COCCC(C)NCCOc1ccc(Br)cc1. The molecule has 0 aliphatic heterocycles. The van der Waals surface area contributed by atoms with Crippen molar-refractivity contribution < 1.29 is 9.47 Å². The molecule has 0 aliphatic carbocycles. The topological polar surface area (TPSA) is 30.5 Å². The Hall–Kier alpha value is -0.580. The largest absolute Gasteiger partial charge is 0.492 e. The molecule has 1 aromatic rings. The highest BCUT2D eigenvalue weighted by atomic mass is 79.9. The van der Waals surface area contributed by atoms with Gasteiger partial charge < -0.3 is 14.8 Å². The lowest BCUT2D eigenvalue weighted by Crippen LogP contribution is -2.31. The van der Waals surface area contributed by atoms with E-state index in [1.54, 1.807) is 7.11 Å². The first-order valence-electron chi connectivity index (χ1n) is 5.83. The summed E-state index contributed by atoms with van der Waals surface area (Å²) in [5.41, 5.74) is 0. The van der Waals surface area contributed by atoms with Gasteiger partial charge in [-0.3, -0.25) is 0 Å². The van der Waals surface area contributed by atoms with Crippen LogP contribution in [0.1, 0.15) is 13.3 Å². The maximum absolute atomic E-state index is 5.60. The molecule has 0 saturated heterocycles. The van der Waals surface area contributed by atoms with Crippen LogP contribution in [0.2, 0.25) is 0 Å². The van der Waals surface area contributed by atoms with Gasteiger partial charge in [0.25, 0.3) is 0 Å². The van der Waals surface area contributed by atoms with Crippen LogP contribution in [0.3, 0.4) is 0 Å². The molecule has 0 aliphatic rings. The molecule has 0 fully saturated rings. The average Bonchev–Trinajstić information content (AvgIpc) is 2.34. The molecular formula is C13H20BrNO2. The zero-order chi connectivity index (χ0) is 12.5. The van der Waals surface area contributed by atoms with Gasteiger partial charge in [-0.25, -0.2) is 0 Å². The zero-order valence-electron chi connectivity index (χ0n) is 10.4. The van der Waals surface area contributed by atoms with E-state index in [2.05, 4.69) is 28.2 Å². The monoisotopic (exact) mass is 301 g/mol. The number of methoxy groups -OCH3 is 1. The van der Waals surface area contributed by atoms with Gasteiger partial charge in [-0.1, -0.05) is 15.9 Å². The molecule has 0 aromatic heterocycles. The lowest BCUT2D eigenvalue weighted by Gasteiger charge is -2.13. The minimum Gasteiger partial charge on any atom is -0.492 e. The van der Waals surface area contributed by atoms with Crippen LogP contribution >= 0.6 is 15.9 Å². The van der Waals surface area contributed by atoms with Crippen molar-refractivity contribution in [1.29, 1.82) is 0 Å². The number of hydrogen-bond donors (Lipinski definition) is 1. The van der Waals surface area contributed by atoms with E-state index in [4.69, 9.17) is 9.47 Å². The molecule has 96 valence electrons. The summed E-state index contributed by atoms with van der Waals surface area (Å²) in [5.74, 6) is 0.902. The fourth-order valence-electron chi connectivity index (χ4n) is 1.40. The zero-order valence-corrected chi connectivity index (χ0v) is 12.0. The van der Waals surface area contributed by atoms with Crippen LogP contribution in [-0.4, -0.2) is 32.9 Å². The lowest BCUT2D eigenvalue weighted by molar-refractivity contribution is 0.183. The van der Waals surface area contributed by atoms with Crippen molar-refractivity contribution in [2.45, 2.75) is 19.4 Å². The van der Waals surface area contributed by atoms with Crippen LogP contribution in [-0.2, 0) is 4.74 Å². The molecule has 0 amide bonds. The molecule has 1 atom stereocenters. The average molecular weight is 302 g/mol. The minimum atomic E-state index is 0.462. The third-order valence-electron chi connectivity index (χ3n) is 2.43. The summed E-state index contributed by atoms with van der Waals surface area (Å²) in [6.45, 7) is 4.47. The fourth-order valence-corrected chi connectivity index (χ4v) is 1.67. The summed E-state index contributed by atoms with van der Waals surface area (Å²) in [4.78, 5) is 0. The fraction of sp³-hybridized carbons (Fsp3) is 0.538. The summed E-state index contributed by atoms with van der Waals surface area (Å²) < 4.78 is 11.7. The van der Waals surface area contributed by atoms with Crippen molar-refractivity contribution >= 4 is 15.9 Å². The molecule has 0 saturated carbocycles. The van der Waals surface area contributed by atoms with Gasteiger partial charge in [-0.05, 0) is 37.6 Å². The van der Waals surface area contributed by atoms with Gasteiger partial charge in [0, 0.05) is 30.8 Å². The Bertz CT molecular complexity index is 303. The maximum atomic E-state index is 5.60. The van der Waals surface area contributed by atoms with Gasteiger partial charge in [0.05, 0.1) is 0 Å². The van der Waals surface area contributed by atoms with Gasteiger partial charge in [0.1, 0.15) is 12.4 Å². The summed E-state index contributed by atoms with van der Waals surface area (Å²) >= 11 is 3.39. The van der Waals surface area contributed by atoms with Crippen molar-refractivity contribution in [2.24, 2.45) is 0 Å². The second-order valence-corrected chi connectivity index (χ2v) is 4.85. The van der Waals surface area contributed by atoms with E-state index < -0.39 is 0 Å². The van der Waals surface area contributed by atoms with Gasteiger partial charge in [0.2, 0.25) is 0 Å². The molecule has 1 unspecified atom stereocenters. The molecule has 1 rings (SSSR count). The van der Waals surface area contributed by atoms with Crippen molar-refractivity contribution in [3.63, 3.8) is 0 Å². The summed E-state index contributed by atoms with van der Waals surface area (Å²) in [5, 5.41) is 3.38. The lowest BCUT2D eigenvalue weighted by atomic mass is 10.2. The first kappa shape index (κ1) is 14.5. The van der Waals surface area contributed by atoms with Crippen LogP contribution < -0.4 is 10.1 Å². The smallest absolute Gasteiger partial charge is 0.119 e. The van der Waals surface area contributed by atoms with Gasteiger partial charge in [-0.15, -0.1) is 0 Å². The molecule has 0 spiro atoms. The predicted molar refractivity (Wildman–Crippen MR) is 73.6 cm³/mol. The molecule has 1 N–H and O–H groups in total. The number of nitrogens with one attached hydrogen (secondary N) is 1. The Balaban J connectivity index is 2.09. The van der Waals surface area contributed by atoms with E-state index in [0.717, 1.165) is 29.8 Å². The minimum absolute atomic E-state index is 0.462. The first-order valence-corrected chi connectivity index (χ1v) is 6.62. The van der Waals surface area contributed by atoms with Crippen molar-refractivity contribution in [1.82, 2.24) is 5.32 Å². The number of ether oxygens (including phenoxy) is 2. The summed E-state index contributed by atoms with van der Waals surface area (Å²) in [7, 11) is 1.73. The highest BCUT2D eigenvalue weighted by Gasteiger charge is 2.00. The Kier molecular flexibility index (Phi) is 7.24. The first-order chi connectivity index (χ1) is 8.22. The molecule has 0 bridgehead atoms. The van der Waals surface area contributed by atoms with Crippen LogP contribution in [0.4, 0.5) is 0 Å². The number of rotatable bonds is 8. The van der Waals surface area contributed by atoms with Crippen LogP contribution in [0, 0.1) is 0 Å².